The number of nitrogens with two attached hydrogens (primary N) is 1. The van der Waals surface area contributed by atoms with Crippen LogP contribution in [0.1, 0.15) is 47.0 Å². The van der Waals surface area contributed by atoms with Crippen LogP contribution in [0.2, 0.25) is 0 Å². The average Bonchev–Trinajstić information content (AvgIpc) is 2.56. The van der Waals surface area contributed by atoms with Crippen molar-refractivity contribution in [3.8, 4) is 0 Å². The number of ether oxygens (including phenoxy) is 1. The van der Waals surface area contributed by atoms with Crippen molar-refractivity contribution in [3.63, 3.8) is 0 Å². The Bertz CT molecular complexity index is 343. The van der Waals surface area contributed by atoms with E-state index in [4.69, 9.17) is 10.5 Å². The minimum absolute atomic E-state index is 0.00580. The van der Waals surface area contributed by atoms with Gasteiger partial charge < -0.3 is 15.4 Å². The van der Waals surface area contributed by atoms with Gasteiger partial charge in [-0.1, -0.05) is 6.42 Å². The predicted molar refractivity (Wildman–Crippen MR) is 71.1 cm³/mol. The normalized spacial score (nSPS) is 39.9. The van der Waals surface area contributed by atoms with E-state index in [0.717, 1.165) is 19.3 Å². The molecule has 4 heteroatoms. The maximum absolute atomic E-state index is 12.8. The van der Waals surface area contributed by atoms with E-state index in [1.165, 1.54) is 0 Å². The predicted octanol–water partition coefficient (Wildman–Crippen LogP) is 1.53. The Hall–Kier alpha value is -0.610. The summed E-state index contributed by atoms with van der Waals surface area (Å²) >= 11 is 0. The molecule has 4 nitrogen and oxygen atoms in total. The molecule has 2 aliphatic rings. The highest BCUT2D eigenvalue weighted by Crippen LogP contribution is 2.39. The number of rotatable bonds is 1. The third kappa shape index (κ3) is 2.41. The van der Waals surface area contributed by atoms with E-state index in [1.807, 2.05) is 32.6 Å². The molecule has 1 aliphatic carbocycles. The number of nitrogens with zero attached hydrogens (tertiary/aromatic N) is 1. The second kappa shape index (κ2) is 4.49. The van der Waals surface area contributed by atoms with Crippen LogP contribution >= 0.6 is 0 Å². The van der Waals surface area contributed by atoms with E-state index in [1.54, 1.807) is 0 Å². The molecule has 2 rings (SSSR count). The van der Waals surface area contributed by atoms with E-state index in [-0.39, 0.29) is 29.1 Å². The maximum Gasteiger partial charge on any atom is 0.230 e. The molecule has 18 heavy (non-hydrogen) atoms. The number of amides is 1. The third-order valence-corrected chi connectivity index (χ3v) is 4.37. The van der Waals surface area contributed by atoms with E-state index in [0.29, 0.717) is 13.1 Å². The molecule has 2 fully saturated rings. The van der Waals surface area contributed by atoms with Crippen LogP contribution in [0, 0.1) is 5.41 Å². The topological polar surface area (TPSA) is 55.6 Å². The number of carbonyl (C=O) groups is 1. The van der Waals surface area contributed by atoms with Gasteiger partial charge in [0.15, 0.2) is 0 Å². The Kier molecular flexibility index (Phi) is 3.45. The summed E-state index contributed by atoms with van der Waals surface area (Å²) in [6.45, 7) is 9.49. The van der Waals surface area contributed by atoms with Crippen molar-refractivity contribution in [2.45, 2.75) is 64.7 Å². The van der Waals surface area contributed by atoms with Gasteiger partial charge in [0.25, 0.3) is 0 Å². The summed E-state index contributed by atoms with van der Waals surface area (Å²) in [5.74, 6) is 0.218. The molecule has 1 saturated carbocycles. The molecule has 1 saturated heterocycles. The summed E-state index contributed by atoms with van der Waals surface area (Å²) in [7, 11) is 0. The molecule has 0 aromatic heterocycles. The Morgan fingerprint density at radius 1 is 1.39 bits per heavy atom. The average molecular weight is 254 g/mol. The van der Waals surface area contributed by atoms with Gasteiger partial charge in [-0.3, -0.25) is 4.79 Å². The van der Waals surface area contributed by atoms with Crippen LogP contribution in [0.4, 0.5) is 0 Å². The van der Waals surface area contributed by atoms with Crippen LogP contribution in [0.15, 0.2) is 0 Å². The van der Waals surface area contributed by atoms with Crippen LogP contribution in [0.3, 0.4) is 0 Å². The molecule has 1 aliphatic heterocycles. The fourth-order valence-electron chi connectivity index (χ4n) is 3.43. The molecule has 1 amide bonds. The van der Waals surface area contributed by atoms with Crippen molar-refractivity contribution < 1.29 is 9.53 Å². The van der Waals surface area contributed by atoms with E-state index < -0.39 is 0 Å². The minimum atomic E-state index is -0.368. The molecule has 104 valence electrons. The first kappa shape index (κ1) is 13.8. The third-order valence-electron chi connectivity index (χ3n) is 4.37. The second-order valence-electron chi connectivity index (χ2n) is 6.79. The molecular weight excluding hydrogens is 228 g/mol. The Balaban J connectivity index is 2.13. The summed E-state index contributed by atoms with van der Waals surface area (Å²) in [4.78, 5) is 14.7. The molecule has 3 atom stereocenters. The van der Waals surface area contributed by atoms with Gasteiger partial charge in [-0.05, 0) is 40.5 Å². The van der Waals surface area contributed by atoms with Crippen LogP contribution < -0.4 is 5.73 Å². The molecular formula is C14H26N2O2. The Labute approximate surface area is 110 Å². The highest BCUT2D eigenvalue weighted by Gasteiger charge is 2.47. The van der Waals surface area contributed by atoms with Crippen molar-refractivity contribution in [3.05, 3.63) is 0 Å². The summed E-state index contributed by atoms with van der Waals surface area (Å²) in [6.07, 6.45) is 3.04. The Morgan fingerprint density at radius 3 is 2.56 bits per heavy atom. The van der Waals surface area contributed by atoms with Crippen molar-refractivity contribution in [2.24, 2.45) is 11.1 Å². The minimum Gasteiger partial charge on any atom is -0.369 e. The summed E-state index contributed by atoms with van der Waals surface area (Å²) in [5.41, 5.74) is 5.52. The van der Waals surface area contributed by atoms with Crippen LogP contribution in [-0.4, -0.2) is 41.6 Å². The van der Waals surface area contributed by atoms with Crippen molar-refractivity contribution in [1.29, 1.82) is 0 Å². The first-order chi connectivity index (χ1) is 8.24. The molecule has 0 spiro atoms. The largest absolute Gasteiger partial charge is 0.369 e. The van der Waals surface area contributed by atoms with Gasteiger partial charge >= 0.3 is 0 Å². The van der Waals surface area contributed by atoms with Crippen molar-refractivity contribution in [1.82, 2.24) is 4.90 Å². The highest BCUT2D eigenvalue weighted by atomic mass is 16.5. The lowest BCUT2D eigenvalue weighted by Gasteiger charge is -2.45. The number of hydrogen-bond acceptors (Lipinski definition) is 3. The van der Waals surface area contributed by atoms with Crippen molar-refractivity contribution >= 4 is 5.91 Å². The molecule has 0 bridgehead atoms. The first-order valence-corrected chi connectivity index (χ1v) is 6.97. The highest BCUT2D eigenvalue weighted by molar-refractivity contribution is 5.83. The summed E-state index contributed by atoms with van der Waals surface area (Å²) in [6, 6.07) is 0.00580. The smallest absolute Gasteiger partial charge is 0.230 e. The number of carbonyl (C=O) groups excluding carboxylic acids is 1. The zero-order valence-corrected chi connectivity index (χ0v) is 12.0. The lowest BCUT2D eigenvalue weighted by atomic mass is 9.83. The molecule has 1 heterocycles. The fourth-order valence-corrected chi connectivity index (χ4v) is 3.43. The lowest BCUT2D eigenvalue weighted by molar-refractivity contribution is -0.166. The lowest BCUT2D eigenvalue weighted by Crippen LogP contribution is -2.58. The van der Waals surface area contributed by atoms with E-state index >= 15 is 0 Å². The molecule has 3 unspecified atom stereocenters. The molecule has 0 radical (unpaired) electrons. The summed E-state index contributed by atoms with van der Waals surface area (Å²) < 4.78 is 5.85. The first-order valence-electron chi connectivity index (χ1n) is 6.97. The Morgan fingerprint density at radius 2 is 2.06 bits per heavy atom. The SMILES string of the molecule is CC1CN(C(=O)C2(C)CCCC2N)CC(C)(C)O1. The van der Waals surface area contributed by atoms with Crippen LogP contribution in [0.5, 0.6) is 0 Å². The van der Waals surface area contributed by atoms with Gasteiger partial charge in [-0.25, -0.2) is 0 Å². The fraction of sp³-hybridized carbons (Fsp3) is 0.929. The maximum atomic E-state index is 12.8. The van der Waals surface area contributed by atoms with Gasteiger partial charge in [-0.15, -0.1) is 0 Å². The molecule has 0 aromatic rings. The van der Waals surface area contributed by atoms with Gasteiger partial charge in [0.2, 0.25) is 5.91 Å². The molecule has 2 N–H and O–H groups in total. The second-order valence-corrected chi connectivity index (χ2v) is 6.79. The molecule has 0 aromatic carbocycles. The van der Waals surface area contributed by atoms with Gasteiger partial charge in [0.1, 0.15) is 0 Å². The van der Waals surface area contributed by atoms with E-state index in [2.05, 4.69) is 0 Å². The van der Waals surface area contributed by atoms with Crippen LogP contribution in [0.25, 0.3) is 0 Å². The van der Waals surface area contributed by atoms with Gasteiger partial charge in [-0.2, -0.15) is 0 Å². The van der Waals surface area contributed by atoms with Gasteiger partial charge in [0.05, 0.1) is 17.1 Å². The van der Waals surface area contributed by atoms with Crippen LogP contribution in [-0.2, 0) is 9.53 Å². The van der Waals surface area contributed by atoms with Gasteiger partial charge in [0, 0.05) is 19.1 Å². The number of hydrogen-bond donors (Lipinski definition) is 1. The standard InChI is InChI=1S/C14H26N2O2/c1-10-8-16(9-13(2,3)18-10)12(17)14(4)7-5-6-11(14)15/h10-11H,5-9,15H2,1-4H3. The monoisotopic (exact) mass is 254 g/mol. The quantitative estimate of drug-likeness (QED) is 0.772. The zero-order chi connectivity index (χ0) is 13.6. The van der Waals surface area contributed by atoms with E-state index in [9.17, 15) is 4.79 Å². The zero-order valence-electron chi connectivity index (χ0n) is 12.0. The summed E-state index contributed by atoms with van der Waals surface area (Å²) in [5, 5.41) is 0. The van der Waals surface area contributed by atoms with Crippen molar-refractivity contribution in [2.75, 3.05) is 13.1 Å². The number of morpholine rings is 1.